The Morgan fingerprint density at radius 2 is 2.18 bits per heavy atom. The lowest BCUT2D eigenvalue weighted by atomic mass is 9.97. The highest BCUT2D eigenvalue weighted by atomic mass is 16.3. The monoisotopic (exact) mass is 231 g/mol. The Kier molecular flexibility index (Phi) is 2.73. The van der Waals surface area contributed by atoms with Crippen LogP contribution in [0.5, 0.6) is 0 Å². The second-order valence-corrected chi connectivity index (χ2v) is 4.69. The van der Waals surface area contributed by atoms with Gasteiger partial charge in [0.1, 0.15) is 5.52 Å². The molecule has 2 N–H and O–H groups in total. The van der Waals surface area contributed by atoms with E-state index in [0.29, 0.717) is 12.5 Å². The lowest BCUT2D eigenvalue weighted by Crippen LogP contribution is -2.34. The van der Waals surface area contributed by atoms with E-state index in [0.717, 1.165) is 37.0 Å². The first-order valence-electron chi connectivity index (χ1n) is 6.16. The molecule has 17 heavy (non-hydrogen) atoms. The maximum absolute atomic E-state index is 9.15. The molecule has 0 saturated carbocycles. The summed E-state index contributed by atoms with van der Waals surface area (Å²) in [7, 11) is 0. The number of aromatic nitrogens is 2. The Hall–Kier alpha value is -1.55. The zero-order valence-electron chi connectivity index (χ0n) is 9.76. The summed E-state index contributed by atoms with van der Waals surface area (Å²) in [5.41, 5.74) is 3.35. The van der Waals surface area contributed by atoms with Crippen LogP contribution in [0.25, 0.3) is 11.0 Å². The van der Waals surface area contributed by atoms with Gasteiger partial charge in [0.15, 0.2) is 0 Å². The molecule has 1 saturated heterocycles. The summed E-state index contributed by atoms with van der Waals surface area (Å²) in [4.78, 5) is 9.90. The Morgan fingerprint density at radius 3 is 2.94 bits per heavy atom. The number of rotatable bonds is 2. The van der Waals surface area contributed by atoms with Crippen LogP contribution in [0.3, 0.4) is 0 Å². The summed E-state index contributed by atoms with van der Waals surface area (Å²) in [6.07, 6.45) is 3.88. The molecule has 90 valence electrons. The number of benzene rings is 1. The highest BCUT2D eigenvalue weighted by Crippen LogP contribution is 2.28. The van der Waals surface area contributed by atoms with Crippen molar-refractivity contribution in [3.05, 3.63) is 24.5 Å². The topological polar surface area (TPSA) is 52.1 Å². The summed E-state index contributed by atoms with van der Waals surface area (Å²) < 4.78 is 0. The van der Waals surface area contributed by atoms with Crippen LogP contribution >= 0.6 is 0 Å². The van der Waals surface area contributed by atoms with Gasteiger partial charge in [-0.15, -0.1) is 0 Å². The van der Waals surface area contributed by atoms with Gasteiger partial charge in [-0.1, -0.05) is 6.07 Å². The van der Waals surface area contributed by atoms with Crippen LogP contribution in [0.1, 0.15) is 12.8 Å². The molecule has 0 amide bonds. The van der Waals surface area contributed by atoms with Crippen molar-refractivity contribution in [2.75, 3.05) is 24.6 Å². The fraction of sp³-hybridized carbons (Fsp3) is 0.462. The third-order valence-electron chi connectivity index (χ3n) is 3.64. The largest absolute Gasteiger partial charge is 0.396 e. The standard InChI is InChI=1S/C13H17N3O/c17-8-10-4-6-16(7-5-10)12-3-1-2-11-13(12)15-9-14-11/h1-3,9-10,17H,4-8H2,(H,14,15). The summed E-state index contributed by atoms with van der Waals surface area (Å²) in [6.45, 7) is 2.34. The van der Waals surface area contributed by atoms with E-state index in [1.165, 1.54) is 5.69 Å². The first-order chi connectivity index (χ1) is 8.38. The molecular formula is C13H17N3O. The molecule has 0 radical (unpaired) electrons. The van der Waals surface area contributed by atoms with E-state index in [4.69, 9.17) is 5.11 Å². The molecule has 0 unspecified atom stereocenters. The minimum Gasteiger partial charge on any atom is -0.396 e. The number of nitrogens with zero attached hydrogens (tertiary/aromatic N) is 2. The van der Waals surface area contributed by atoms with Crippen molar-refractivity contribution >= 4 is 16.7 Å². The highest BCUT2D eigenvalue weighted by Gasteiger charge is 2.20. The van der Waals surface area contributed by atoms with Gasteiger partial charge < -0.3 is 15.0 Å². The summed E-state index contributed by atoms with van der Waals surface area (Å²) in [5.74, 6) is 0.477. The molecule has 2 heterocycles. The maximum Gasteiger partial charge on any atom is 0.112 e. The average Bonchev–Trinajstić information content (AvgIpc) is 2.87. The van der Waals surface area contributed by atoms with Gasteiger partial charge in [0, 0.05) is 19.7 Å². The second kappa shape index (κ2) is 4.37. The van der Waals surface area contributed by atoms with Gasteiger partial charge >= 0.3 is 0 Å². The molecule has 1 fully saturated rings. The van der Waals surface area contributed by atoms with Crippen LogP contribution in [0.2, 0.25) is 0 Å². The number of piperidine rings is 1. The molecule has 0 atom stereocenters. The number of aromatic amines is 1. The van der Waals surface area contributed by atoms with Crippen LogP contribution in [0.4, 0.5) is 5.69 Å². The maximum atomic E-state index is 9.15. The Bertz CT molecular complexity index is 500. The number of H-pyrrole nitrogens is 1. The summed E-state index contributed by atoms with van der Waals surface area (Å²) >= 11 is 0. The van der Waals surface area contributed by atoms with Crippen molar-refractivity contribution in [1.29, 1.82) is 0 Å². The quantitative estimate of drug-likeness (QED) is 0.828. The van der Waals surface area contributed by atoms with Gasteiger partial charge in [-0.3, -0.25) is 0 Å². The normalized spacial score (nSPS) is 17.8. The van der Waals surface area contributed by atoms with Gasteiger partial charge in [0.2, 0.25) is 0 Å². The van der Waals surface area contributed by atoms with Gasteiger partial charge in [-0.2, -0.15) is 0 Å². The fourth-order valence-corrected chi connectivity index (χ4v) is 2.56. The molecule has 4 heteroatoms. The van der Waals surface area contributed by atoms with Crippen LogP contribution in [0.15, 0.2) is 24.5 Å². The zero-order valence-corrected chi connectivity index (χ0v) is 9.76. The van der Waals surface area contributed by atoms with Crippen molar-refractivity contribution in [2.24, 2.45) is 5.92 Å². The lowest BCUT2D eigenvalue weighted by Gasteiger charge is -2.32. The predicted molar refractivity (Wildman–Crippen MR) is 68.1 cm³/mol. The third kappa shape index (κ3) is 1.89. The van der Waals surface area contributed by atoms with E-state index >= 15 is 0 Å². The van der Waals surface area contributed by atoms with Crippen LogP contribution in [0, 0.1) is 5.92 Å². The third-order valence-corrected chi connectivity index (χ3v) is 3.64. The molecule has 1 aromatic carbocycles. The Balaban J connectivity index is 1.87. The fourth-order valence-electron chi connectivity index (χ4n) is 2.56. The first-order valence-corrected chi connectivity index (χ1v) is 6.16. The van der Waals surface area contributed by atoms with Crippen molar-refractivity contribution in [1.82, 2.24) is 9.97 Å². The Labute approximate surface area is 100 Å². The summed E-state index contributed by atoms with van der Waals surface area (Å²) in [6, 6.07) is 6.24. The number of para-hydroxylation sites is 1. The van der Waals surface area contributed by atoms with E-state index in [9.17, 15) is 0 Å². The SMILES string of the molecule is OCC1CCN(c2cccc3[nH]cnc23)CC1. The average molecular weight is 231 g/mol. The molecule has 1 aliphatic heterocycles. The highest BCUT2D eigenvalue weighted by molar-refractivity contribution is 5.88. The van der Waals surface area contributed by atoms with Crippen LogP contribution < -0.4 is 4.90 Å². The van der Waals surface area contributed by atoms with Gasteiger partial charge in [0.25, 0.3) is 0 Å². The molecule has 1 aromatic heterocycles. The minimum atomic E-state index is 0.320. The molecule has 3 rings (SSSR count). The van der Waals surface area contributed by atoms with Gasteiger partial charge in [-0.05, 0) is 30.9 Å². The molecule has 4 nitrogen and oxygen atoms in total. The number of anilines is 1. The van der Waals surface area contributed by atoms with Crippen LogP contribution in [-0.2, 0) is 0 Å². The zero-order chi connectivity index (χ0) is 11.7. The molecule has 1 aliphatic rings. The number of hydrogen-bond acceptors (Lipinski definition) is 3. The molecule has 0 bridgehead atoms. The van der Waals surface area contributed by atoms with Gasteiger partial charge in [0.05, 0.1) is 17.5 Å². The van der Waals surface area contributed by atoms with Crippen molar-refractivity contribution in [2.45, 2.75) is 12.8 Å². The molecule has 2 aromatic rings. The second-order valence-electron chi connectivity index (χ2n) is 4.69. The minimum absolute atomic E-state index is 0.320. The smallest absolute Gasteiger partial charge is 0.112 e. The summed E-state index contributed by atoms with van der Waals surface area (Å²) in [5, 5.41) is 9.15. The van der Waals surface area contributed by atoms with Crippen molar-refractivity contribution < 1.29 is 5.11 Å². The van der Waals surface area contributed by atoms with Crippen molar-refractivity contribution in [3.63, 3.8) is 0 Å². The van der Waals surface area contributed by atoms with E-state index in [2.05, 4.69) is 27.0 Å². The first kappa shape index (κ1) is 10.6. The lowest BCUT2D eigenvalue weighted by molar-refractivity contribution is 0.203. The number of aliphatic hydroxyl groups excluding tert-OH is 1. The number of nitrogens with one attached hydrogen (secondary N) is 1. The predicted octanol–water partition coefficient (Wildman–Crippen LogP) is 1.77. The van der Waals surface area contributed by atoms with Gasteiger partial charge in [-0.25, -0.2) is 4.98 Å². The molecule has 0 spiro atoms. The molecular weight excluding hydrogens is 214 g/mol. The molecule has 0 aliphatic carbocycles. The van der Waals surface area contributed by atoms with E-state index in [1.54, 1.807) is 6.33 Å². The number of fused-ring (bicyclic) bond motifs is 1. The number of hydrogen-bond donors (Lipinski definition) is 2. The van der Waals surface area contributed by atoms with E-state index in [-0.39, 0.29) is 0 Å². The van der Waals surface area contributed by atoms with Crippen molar-refractivity contribution in [3.8, 4) is 0 Å². The van der Waals surface area contributed by atoms with Crippen LogP contribution in [-0.4, -0.2) is 34.8 Å². The van der Waals surface area contributed by atoms with E-state index in [1.807, 2.05) is 6.07 Å². The number of aliphatic hydroxyl groups is 1. The van der Waals surface area contributed by atoms with E-state index < -0.39 is 0 Å². The Morgan fingerprint density at radius 1 is 1.35 bits per heavy atom. The number of imidazole rings is 1.